The molecule has 5 heteroatoms. The van der Waals surface area contributed by atoms with Crippen LogP contribution in [0.15, 0.2) is 30.3 Å². The number of likely N-dealkylation sites (tertiary alicyclic amines) is 1. The molecule has 3 N–H and O–H groups in total. The largest absolute Gasteiger partial charge is 0.445 e. The van der Waals surface area contributed by atoms with Gasteiger partial charge in [-0.2, -0.15) is 0 Å². The van der Waals surface area contributed by atoms with Crippen molar-refractivity contribution in [1.82, 2.24) is 4.90 Å². The number of aliphatic hydroxyl groups is 1. The van der Waals surface area contributed by atoms with E-state index in [4.69, 9.17) is 10.5 Å². The maximum Gasteiger partial charge on any atom is 0.410 e. The van der Waals surface area contributed by atoms with Crippen LogP contribution in [-0.4, -0.2) is 41.3 Å². The van der Waals surface area contributed by atoms with Crippen LogP contribution in [0.1, 0.15) is 5.56 Å². The van der Waals surface area contributed by atoms with Crippen molar-refractivity contribution in [2.24, 2.45) is 5.73 Å². The Bertz CT molecular complexity index is 373. The Morgan fingerprint density at radius 1 is 1.41 bits per heavy atom. The summed E-state index contributed by atoms with van der Waals surface area (Å²) in [6.07, 6.45) is -1.08. The number of β-amino-alcohol motifs (C(OH)–C–C–N with tert-alkyl or cyclic N) is 1. The number of benzene rings is 1. The van der Waals surface area contributed by atoms with Gasteiger partial charge in [0.25, 0.3) is 0 Å². The number of nitrogens with zero attached hydrogens (tertiary/aromatic N) is 1. The molecule has 1 heterocycles. The average molecular weight is 236 g/mol. The average Bonchev–Trinajstić information content (AvgIpc) is 2.68. The lowest BCUT2D eigenvalue weighted by atomic mass is 10.2. The molecular weight excluding hydrogens is 220 g/mol. The Morgan fingerprint density at radius 2 is 2.12 bits per heavy atom. The highest BCUT2D eigenvalue weighted by Crippen LogP contribution is 2.10. The number of hydrogen-bond acceptors (Lipinski definition) is 4. The van der Waals surface area contributed by atoms with Gasteiger partial charge in [0.15, 0.2) is 0 Å². The minimum atomic E-state index is -0.653. The van der Waals surface area contributed by atoms with E-state index in [1.165, 1.54) is 4.90 Å². The van der Waals surface area contributed by atoms with Crippen molar-refractivity contribution in [1.29, 1.82) is 0 Å². The Hall–Kier alpha value is -1.59. The molecule has 1 amide bonds. The lowest BCUT2D eigenvalue weighted by molar-refractivity contribution is 0.0971. The highest BCUT2D eigenvalue weighted by Gasteiger charge is 2.32. The number of rotatable bonds is 2. The number of hydrogen-bond donors (Lipinski definition) is 2. The molecule has 0 unspecified atom stereocenters. The summed E-state index contributed by atoms with van der Waals surface area (Å²) in [5.41, 5.74) is 6.55. The highest BCUT2D eigenvalue weighted by molar-refractivity contribution is 5.68. The van der Waals surface area contributed by atoms with E-state index in [1.807, 2.05) is 30.3 Å². The first-order valence-corrected chi connectivity index (χ1v) is 5.56. The van der Waals surface area contributed by atoms with Crippen molar-refractivity contribution in [2.45, 2.75) is 18.8 Å². The third kappa shape index (κ3) is 2.95. The van der Waals surface area contributed by atoms with E-state index in [0.29, 0.717) is 6.54 Å². The van der Waals surface area contributed by atoms with Gasteiger partial charge in [0.2, 0.25) is 0 Å². The van der Waals surface area contributed by atoms with Crippen molar-refractivity contribution < 1.29 is 14.6 Å². The molecule has 1 aliphatic rings. The second kappa shape index (κ2) is 5.16. The number of carbonyl (C=O) groups excluding carboxylic acids is 1. The summed E-state index contributed by atoms with van der Waals surface area (Å²) < 4.78 is 5.13. The van der Waals surface area contributed by atoms with Crippen LogP contribution in [0.5, 0.6) is 0 Å². The Labute approximate surface area is 99.8 Å². The lowest BCUT2D eigenvalue weighted by Gasteiger charge is -2.15. The number of nitrogens with two attached hydrogens (primary N) is 1. The predicted molar refractivity (Wildman–Crippen MR) is 62.2 cm³/mol. The van der Waals surface area contributed by atoms with E-state index in [-0.39, 0.29) is 19.2 Å². The molecular formula is C12H16N2O3. The third-order valence-corrected chi connectivity index (χ3v) is 2.80. The number of amides is 1. The second-order valence-electron chi connectivity index (χ2n) is 4.18. The number of aliphatic hydroxyl groups excluding tert-OH is 1. The minimum Gasteiger partial charge on any atom is -0.445 e. The van der Waals surface area contributed by atoms with E-state index in [0.717, 1.165) is 5.56 Å². The van der Waals surface area contributed by atoms with Gasteiger partial charge >= 0.3 is 6.09 Å². The van der Waals surface area contributed by atoms with Crippen LogP contribution in [0.4, 0.5) is 4.79 Å². The van der Waals surface area contributed by atoms with Crippen LogP contribution in [0, 0.1) is 0 Å². The molecule has 2 rings (SSSR count). The zero-order valence-corrected chi connectivity index (χ0v) is 9.45. The Morgan fingerprint density at radius 3 is 2.71 bits per heavy atom. The standard InChI is InChI=1S/C12H16N2O3/c13-10-6-14(7-11(10)15)12(16)17-8-9-4-2-1-3-5-9/h1-5,10-11,15H,6-8,13H2/t10-,11-/m1/s1. The molecule has 0 aromatic heterocycles. The van der Waals surface area contributed by atoms with Crippen LogP contribution in [0.3, 0.4) is 0 Å². The normalized spacial score (nSPS) is 23.8. The zero-order valence-electron chi connectivity index (χ0n) is 9.45. The van der Waals surface area contributed by atoms with Gasteiger partial charge in [-0.1, -0.05) is 30.3 Å². The molecule has 1 aromatic carbocycles. The summed E-state index contributed by atoms with van der Waals surface area (Å²) in [7, 11) is 0. The summed E-state index contributed by atoms with van der Waals surface area (Å²) in [6.45, 7) is 0.824. The molecule has 1 saturated heterocycles. The van der Waals surface area contributed by atoms with Crippen LogP contribution >= 0.6 is 0 Å². The van der Waals surface area contributed by atoms with Crippen molar-refractivity contribution >= 4 is 6.09 Å². The summed E-state index contributed by atoms with van der Waals surface area (Å²) in [5.74, 6) is 0. The SMILES string of the molecule is N[C@@H]1CN(C(=O)OCc2ccccc2)C[C@H]1O. The molecule has 0 saturated carbocycles. The van der Waals surface area contributed by atoms with Crippen molar-refractivity contribution in [3.8, 4) is 0 Å². The van der Waals surface area contributed by atoms with Crippen LogP contribution in [0.25, 0.3) is 0 Å². The minimum absolute atomic E-state index is 0.238. The summed E-state index contributed by atoms with van der Waals surface area (Å²) in [6, 6.07) is 9.08. The Kier molecular flexibility index (Phi) is 3.61. The fourth-order valence-electron chi connectivity index (χ4n) is 1.77. The lowest BCUT2D eigenvalue weighted by Crippen LogP contribution is -2.33. The van der Waals surface area contributed by atoms with Crippen molar-refractivity contribution in [2.75, 3.05) is 13.1 Å². The van der Waals surface area contributed by atoms with Crippen molar-refractivity contribution in [3.63, 3.8) is 0 Å². The van der Waals surface area contributed by atoms with Crippen LogP contribution in [0.2, 0.25) is 0 Å². The molecule has 1 aliphatic heterocycles. The van der Waals surface area contributed by atoms with Gasteiger partial charge in [-0.15, -0.1) is 0 Å². The molecule has 1 fully saturated rings. The first-order chi connectivity index (χ1) is 8.16. The molecule has 5 nitrogen and oxygen atoms in total. The maximum absolute atomic E-state index is 11.6. The van der Waals surface area contributed by atoms with E-state index < -0.39 is 12.2 Å². The number of carbonyl (C=O) groups is 1. The topological polar surface area (TPSA) is 75.8 Å². The molecule has 0 spiro atoms. The molecule has 17 heavy (non-hydrogen) atoms. The maximum atomic E-state index is 11.6. The summed E-state index contributed by atoms with van der Waals surface area (Å²) in [5, 5.41) is 9.43. The molecule has 0 aliphatic carbocycles. The smallest absolute Gasteiger partial charge is 0.410 e. The van der Waals surface area contributed by atoms with Gasteiger partial charge in [0, 0.05) is 6.54 Å². The number of ether oxygens (including phenoxy) is 1. The van der Waals surface area contributed by atoms with Gasteiger partial charge in [0.1, 0.15) is 6.61 Å². The third-order valence-electron chi connectivity index (χ3n) is 2.80. The highest BCUT2D eigenvalue weighted by atomic mass is 16.6. The first-order valence-electron chi connectivity index (χ1n) is 5.56. The van der Waals surface area contributed by atoms with Gasteiger partial charge in [-0.25, -0.2) is 4.79 Å². The van der Waals surface area contributed by atoms with Gasteiger partial charge in [-0.3, -0.25) is 0 Å². The van der Waals surface area contributed by atoms with Crippen molar-refractivity contribution in [3.05, 3.63) is 35.9 Å². The van der Waals surface area contributed by atoms with E-state index in [9.17, 15) is 9.90 Å². The monoisotopic (exact) mass is 236 g/mol. The van der Waals surface area contributed by atoms with E-state index >= 15 is 0 Å². The second-order valence-corrected chi connectivity index (χ2v) is 4.18. The van der Waals surface area contributed by atoms with Gasteiger partial charge in [-0.05, 0) is 5.56 Å². The summed E-state index contributed by atoms with van der Waals surface area (Å²) >= 11 is 0. The molecule has 2 atom stereocenters. The predicted octanol–water partition coefficient (Wildman–Crippen LogP) is 0.327. The molecule has 1 aromatic rings. The summed E-state index contributed by atoms with van der Waals surface area (Å²) in [4.78, 5) is 13.1. The molecule has 92 valence electrons. The zero-order chi connectivity index (χ0) is 12.3. The molecule has 0 bridgehead atoms. The van der Waals surface area contributed by atoms with Crippen LogP contribution < -0.4 is 5.73 Å². The Balaban J connectivity index is 1.82. The van der Waals surface area contributed by atoms with Crippen LogP contribution in [-0.2, 0) is 11.3 Å². The van der Waals surface area contributed by atoms with Gasteiger partial charge in [0.05, 0.1) is 18.7 Å². The van der Waals surface area contributed by atoms with Gasteiger partial charge < -0.3 is 20.5 Å². The quantitative estimate of drug-likeness (QED) is 0.775. The molecule has 0 radical (unpaired) electrons. The fraction of sp³-hybridized carbons (Fsp3) is 0.417. The first kappa shape index (κ1) is 11.9. The van der Waals surface area contributed by atoms with E-state index in [1.54, 1.807) is 0 Å². The fourth-order valence-corrected chi connectivity index (χ4v) is 1.77. The van der Waals surface area contributed by atoms with E-state index in [2.05, 4.69) is 0 Å².